The maximum absolute atomic E-state index is 13.7. The summed E-state index contributed by atoms with van der Waals surface area (Å²) >= 11 is 0. The molecule has 88 valence electrons. The van der Waals surface area contributed by atoms with Gasteiger partial charge in [0.1, 0.15) is 11.6 Å². The second kappa shape index (κ2) is 4.29. The molecule has 0 heterocycles. The van der Waals surface area contributed by atoms with Crippen molar-refractivity contribution < 1.29 is 13.6 Å². The predicted molar refractivity (Wildman–Crippen MR) is 58.3 cm³/mol. The molecule has 0 aliphatic rings. The summed E-state index contributed by atoms with van der Waals surface area (Å²) in [6, 6.07) is 2.40. The van der Waals surface area contributed by atoms with Crippen LogP contribution in [0.1, 0.15) is 29.8 Å². The van der Waals surface area contributed by atoms with Crippen molar-refractivity contribution in [1.29, 1.82) is 0 Å². The van der Waals surface area contributed by atoms with E-state index in [1.54, 1.807) is 13.8 Å². The number of Topliss-reactive ketones (excluding diaryl/α,β-unsaturated/α-hetero) is 1. The molecule has 0 radical (unpaired) electrons. The summed E-state index contributed by atoms with van der Waals surface area (Å²) in [4.78, 5) is 11.9. The fourth-order valence-corrected chi connectivity index (χ4v) is 1.30. The lowest BCUT2D eigenvalue weighted by Crippen LogP contribution is -2.34. The van der Waals surface area contributed by atoms with Gasteiger partial charge in [0.2, 0.25) is 0 Å². The number of benzene rings is 1. The number of ketones is 1. The number of halogens is 2. The second-order valence-corrected chi connectivity index (χ2v) is 4.47. The summed E-state index contributed by atoms with van der Waals surface area (Å²) in [5.41, 5.74) is 4.21. The molecular weight excluding hydrogens is 212 g/mol. The van der Waals surface area contributed by atoms with Gasteiger partial charge in [0, 0.05) is 12.0 Å². The van der Waals surface area contributed by atoms with Crippen molar-refractivity contribution in [3.8, 4) is 0 Å². The first-order chi connectivity index (χ1) is 7.31. The molecule has 1 aromatic rings. The molecule has 0 atom stereocenters. The molecule has 0 unspecified atom stereocenters. The summed E-state index contributed by atoms with van der Waals surface area (Å²) in [5, 5.41) is 0. The molecular formula is C12H15F2NO. The molecule has 0 amide bonds. The summed E-state index contributed by atoms with van der Waals surface area (Å²) in [6.45, 7) is 4.66. The Balaban J connectivity index is 3.34. The monoisotopic (exact) mass is 227 g/mol. The molecule has 2 nitrogen and oxygen atoms in total. The van der Waals surface area contributed by atoms with E-state index in [2.05, 4.69) is 0 Å². The lowest BCUT2D eigenvalue weighted by atomic mass is 9.83. The van der Waals surface area contributed by atoms with Crippen LogP contribution in [-0.2, 0) is 0 Å². The molecule has 16 heavy (non-hydrogen) atoms. The molecule has 0 saturated heterocycles. The minimum atomic E-state index is -0.963. The van der Waals surface area contributed by atoms with Gasteiger partial charge in [-0.05, 0) is 18.6 Å². The Morgan fingerprint density at radius 3 is 2.44 bits per heavy atom. The topological polar surface area (TPSA) is 43.1 Å². The van der Waals surface area contributed by atoms with E-state index in [0.717, 1.165) is 6.07 Å². The van der Waals surface area contributed by atoms with E-state index in [-0.39, 0.29) is 12.1 Å². The zero-order valence-corrected chi connectivity index (χ0v) is 9.60. The van der Waals surface area contributed by atoms with E-state index >= 15 is 0 Å². The standard InChI is InChI=1S/C12H15F2NO/c1-7-4-5-8(13)9(10(7)14)11(16)12(2,3)6-15/h4-5H,6,15H2,1-3H3. The zero-order chi connectivity index (χ0) is 12.5. The summed E-state index contributed by atoms with van der Waals surface area (Å²) < 4.78 is 27.1. The third-order valence-corrected chi connectivity index (χ3v) is 2.64. The lowest BCUT2D eigenvalue weighted by molar-refractivity contribution is 0.0838. The number of nitrogens with two attached hydrogens (primary N) is 1. The highest BCUT2D eigenvalue weighted by Crippen LogP contribution is 2.25. The molecule has 0 aliphatic heterocycles. The Morgan fingerprint density at radius 2 is 1.94 bits per heavy atom. The van der Waals surface area contributed by atoms with E-state index in [4.69, 9.17) is 5.73 Å². The fourth-order valence-electron chi connectivity index (χ4n) is 1.30. The largest absolute Gasteiger partial charge is 0.329 e. The quantitative estimate of drug-likeness (QED) is 0.806. The highest BCUT2D eigenvalue weighted by atomic mass is 19.1. The minimum Gasteiger partial charge on any atom is -0.329 e. The van der Waals surface area contributed by atoms with Crippen LogP contribution in [0.5, 0.6) is 0 Å². The van der Waals surface area contributed by atoms with E-state index < -0.39 is 28.4 Å². The van der Waals surface area contributed by atoms with E-state index in [9.17, 15) is 13.6 Å². The third kappa shape index (κ3) is 2.11. The molecule has 2 N–H and O–H groups in total. The normalized spacial score (nSPS) is 11.6. The Morgan fingerprint density at radius 1 is 1.38 bits per heavy atom. The Labute approximate surface area is 93.5 Å². The molecule has 0 bridgehead atoms. The molecule has 0 spiro atoms. The van der Waals surface area contributed by atoms with Crippen LogP contribution in [0, 0.1) is 24.0 Å². The summed E-state index contributed by atoms with van der Waals surface area (Å²) in [5.74, 6) is -2.24. The van der Waals surface area contributed by atoms with Crippen LogP contribution in [0.25, 0.3) is 0 Å². The van der Waals surface area contributed by atoms with Gasteiger partial charge in [0.25, 0.3) is 0 Å². The second-order valence-electron chi connectivity index (χ2n) is 4.47. The Hall–Kier alpha value is -1.29. The Bertz CT molecular complexity index is 427. The van der Waals surface area contributed by atoms with Gasteiger partial charge >= 0.3 is 0 Å². The number of rotatable bonds is 3. The summed E-state index contributed by atoms with van der Waals surface area (Å²) in [7, 11) is 0. The number of hydrogen-bond acceptors (Lipinski definition) is 2. The van der Waals surface area contributed by atoms with Crippen molar-refractivity contribution in [2.75, 3.05) is 6.54 Å². The van der Waals surface area contributed by atoms with Gasteiger partial charge in [0.15, 0.2) is 5.78 Å². The average Bonchev–Trinajstić information content (AvgIpc) is 2.24. The van der Waals surface area contributed by atoms with Gasteiger partial charge in [-0.1, -0.05) is 19.9 Å². The minimum absolute atomic E-state index is 0.0403. The van der Waals surface area contributed by atoms with Crippen LogP contribution in [-0.4, -0.2) is 12.3 Å². The van der Waals surface area contributed by atoms with Gasteiger partial charge in [0.05, 0.1) is 5.56 Å². The number of aryl methyl sites for hydroxylation is 1. The van der Waals surface area contributed by atoms with Crippen LogP contribution in [0.3, 0.4) is 0 Å². The molecule has 1 rings (SSSR count). The van der Waals surface area contributed by atoms with Crippen LogP contribution in [0.2, 0.25) is 0 Å². The number of carbonyl (C=O) groups is 1. The van der Waals surface area contributed by atoms with Gasteiger partial charge in [-0.15, -0.1) is 0 Å². The molecule has 4 heteroatoms. The van der Waals surface area contributed by atoms with Crippen molar-refractivity contribution in [3.63, 3.8) is 0 Å². The van der Waals surface area contributed by atoms with Gasteiger partial charge < -0.3 is 5.73 Å². The van der Waals surface area contributed by atoms with E-state index in [1.807, 2.05) is 0 Å². The zero-order valence-electron chi connectivity index (χ0n) is 9.60. The van der Waals surface area contributed by atoms with Gasteiger partial charge in [-0.2, -0.15) is 0 Å². The first-order valence-corrected chi connectivity index (χ1v) is 5.00. The van der Waals surface area contributed by atoms with Gasteiger partial charge in [-0.25, -0.2) is 8.78 Å². The maximum atomic E-state index is 13.7. The average molecular weight is 227 g/mol. The summed E-state index contributed by atoms with van der Waals surface area (Å²) in [6.07, 6.45) is 0. The maximum Gasteiger partial charge on any atom is 0.175 e. The first kappa shape index (κ1) is 12.8. The fraction of sp³-hybridized carbons (Fsp3) is 0.417. The number of carbonyl (C=O) groups excluding carboxylic acids is 1. The first-order valence-electron chi connectivity index (χ1n) is 5.00. The molecule has 0 fully saturated rings. The van der Waals surface area contributed by atoms with Crippen molar-refractivity contribution in [3.05, 3.63) is 34.9 Å². The molecule has 0 aromatic heterocycles. The van der Waals surface area contributed by atoms with Crippen LogP contribution in [0.4, 0.5) is 8.78 Å². The van der Waals surface area contributed by atoms with Gasteiger partial charge in [-0.3, -0.25) is 4.79 Å². The Kier molecular flexibility index (Phi) is 3.43. The highest BCUT2D eigenvalue weighted by molar-refractivity contribution is 6.00. The molecule has 0 saturated carbocycles. The predicted octanol–water partition coefficient (Wildman–Crippen LogP) is 2.44. The van der Waals surface area contributed by atoms with E-state index in [0.29, 0.717) is 0 Å². The van der Waals surface area contributed by atoms with Crippen LogP contribution < -0.4 is 5.73 Å². The third-order valence-electron chi connectivity index (χ3n) is 2.64. The smallest absolute Gasteiger partial charge is 0.175 e. The molecule has 1 aromatic carbocycles. The van der Waals surface area contributed by atoms with Crippen LogP contribution in [0.15, 0.2) is 12.1 Å². The van der Waals surface area contributed by atoms with Crippen molar-refractivity contribution in [2.45, 2.75) is 20.8 Å². The van der Waals surface area contributed by atoms with Crippen molar-refractivity contribution in [1.82, 2.24) is 0 Å². The molecule has 0 aliphatic carbocycles. The lowest BCUT2D eigenvalue weighted by Gasteiger charge is -2.21. The number of hydrogen-bond donors (Lipinski definition) is 1. The highest BCUT2D eigenvalue weighted by Gasteiger charge is 2.31. The SMILES string of the molecule is Cc1ccc(F)c(C(=O)C(C)(C)CN)c1F. The van der Waals surface area contributed by atoms with E-state index in [1.165, 1.54) is 13.0 Å². The van der Waals surface area contributed by atoms with Crippen LogP contribution >= 0.6 is 0 Å². The van der Waals surface area contributed by atoms with Crippen molar-refractivity contribution >= 4 is 5.78 Å². The van der Waals surface area contributed by atoms with Crippen molar-refractivity contribution in [2.24, 2.45) is 11.1 Å².